The van der Waals surface area contributed by atoms with Crippen molar-refractivity contribution < 1.29 is 4.92 Å². The van der Waals surface area contributed by atoms with Crippen molar-refractivity contribution in [1.29, 1.82) is 0 Å². The van der Waals surface area contributed by atoms with E-state index in [2.05, 4.69) is 27.2 Å². The summed E-state index contributed by atoms with van der Waals surface area (Å²) < 4.78 is 0. The molecule has 2 rings (SSSR count). The lowest BCUT2D eigenvalue weighted by atomic mass is 10.1. The molecule has 0 aliphatic heterocycles. The Morgan fingerprint density at radius 2 is 1.86 bits per heavy atom. The number of aromatic nitrogens is 2. The molecule has 0 aliphatic rings. The minimum absolute atomic E-state index is 0.170. The van der Waals surface area contributed by atoms with Crippen LogP contribution in [0.2, 0.25) is 0 Å². The van der Waals surface area contributed by atoms with E-state index in [0.717, 1.165) is 11.1 Å². The number of benzene rings is 1. The van der Waals surface area contributed by atoms with Crippen molar-refractivity contribution in [2.24, 2.45) is 0 Å². The fraction of sp³-hybridized carbons (Fsp3) is 0.200. The molecule has 0 atom stereocenters. The standard InChI is InChI=1S/C15H17N5O2/c1-3-8-16-14-13(20(21)22)15(19-10-18-14)17-9-12-6-4-11(2)5-7-12/h3-7,10H,1,8-9H2,2H3,(H2,16,17,18,19). The van der Waals surface area contributed by atoms with E-state index >= 15 is 0 Å². The lowest BCUT2D eigenvalue weighted by Crippen LogP contribution is -2.10. The highest BCUT2D eigenvalue weighted by atomic mass is 16.6. The highest BCUT2D eigenvalue weighted by molar-refractivity contribution is 5.69. The van der Waals surface area contributed by atoms with Crippen molar-refractivity contribution in [2.75, 3.05) is 17.2 Å². The molecule has 0 bridgehead atoms. The summed E-state index contributed by atoms with van der Waals surface area (Å²) in [7, 11) is 0. The molecule has 0 saturated carbocycles. The molecule has 1 aromatic heterocycles. The second-order valence-electron chi connectivity index (χ2n) is 4.69. The molecule has 0 radical (unpaired) electrons. The molecule has 2 aromatic rings. The average Bonchev–Trinajstić information content (AvgIpc) is 2.52. The first kappa shape index (κ1) is 15.4. The van der Waals surface area contributed by atoms with E-state index in [0.29, 0.717) is 13.1 Å². The van der Waals surface area contributed by atoms with Crippen molar-refractivity contribution in [3.05, 3.63) is 64.5 Å². The highest BCUT2D eigenvalue weighted by Crippen LogP contribution is 2.28. The number of nitrogens with one attached hydrogen (secondary N) is 2. The van der Waals surface area contributed by atoms with Crippen LogP contribution in [0.3, 0.4) is 0 Å². The van der Waals surface area contributed by atoms with Gasteiger partial charge in [-0.2, -0.15) is 0 Å². The van der Waals surface area contributed by atoms with Gasteiger partial charge in [-0.25, -0.2) is 9.97 Å². The molecule has 0 unspecified atom stereocenters. The van der Waals surface area contributed by atoms with Gasteiger partial charge in [0.2, 0.25) is 11.6 Å². The van der Waals surface area contributed by atoms with Crippen molar-refractivity contribution in [3.63, 3.8) is 0 Å². The van der Waals surface area contributed by atoms with Crippen molar-refractivity contribution in [1.82, 2.24) is 9.97 Å². The summed E-state index contributed by atoms with van der Waals surface area (Å²) in [5.41, 5.74) is 2.00. The minimum Gasteiger partial charge on any atom is -0.361 e. The number of hydrogen-bond acceptors (Lipinski definition) is 6. The molecular weight excluding hydrogens is 282 g/mol. The molecule has 114 valence electrons. The normalized spacial score (nSPS) is 10.0. The lowest BCUT2D eigenvalue weighted by Gasteiger charge is -2.09. The Morgan fingerprint density at radius 3 is 2.45 bits per heavy atom. The first-order valence-corrected chi connectivity index (χ1v) is 6.75. The third kappa shape index (κ3) is 3.78. The number of rotatable bonds is 7. The number of hydrogen-bond donors (Lipinski definition) is 2. The number of anilines is 2. The van der Waals surface area contributed by atoms with Gasteiger partial charge in [0.05, 0.1) is 4.92 Å². The minimum atomic E-state index is -0.497. The summed E-state index contributed by atoms with van der Waals surface area (Å²) in [6.45, 7) is 6.40. The van der Waals surface area contributed by atoms with Crippen LogP contribution in [0.4, 0.5) is 17.3 Å². The van der Waals surface area contributed by atoms with Gasteiger partial charge in [0.25, 0.3) is 0 Å². The van der Waals surface area contributed by atoms with Gasteiger partial charge in [0.15, 0.2) is 0 Å². The predicted molar refractivity (Wildman–Crippen MR) is 85.9 cm³/mol. The maximum absolute atomic E-state index is 11.3. The quantitative estimate of drug-likeness (QED) is 0.464. The van der Waals surface area contributed by atoms with Gasteiger partial charge < -0.3 is 10.6 Å². The van der Waals surface area contributed by atoms with Crippen LogP contribution in [-0.2, 0) is 6.54 Å². The smallest absolute Gasteiger partial charge is 0.353 e. The number of nitrogens with zero attached hydrogens (tertiary/aromatic N) is 3. The SMILES string of the molecule is C=CCNc1ncnc(NCc2ccc(C)cc2)c1[N+](=O)[O-]. The van der Waals surface area contributed by atoms with E-state index in [4.69, 9.17) is 0 Å². The van der Waals surface area contributed by atoms with Crippen LogP contribution in [0.5, 0.6) is 0 Å². The Hall–Kier alpha value is -2.96. The lowest BCUT2D eigenvalue weighted by molar-refractivity contribution is -0.383. The van der Waals surface area contributed by atoms with Crippen LogP contribution in [-0.4, -0.2) is 21.4 Å². The zero-order chi connectivity index (χ0) is 15.9. The summed E-state index contributed by atoms with van der Waals surface area (Å²) in [5.74, 6) is 0.360. The highest BCUT2D eigenvalue weighted by Gasteiger charge is 2.22. The molecule has 0 saturated heterocycles. The van der Waals surface area contributed by atoms with Crippen LogP contribution in [0.15, 0.2) is 43.2 Å². The van der Waals surface area contributed by atoms with Gasteiger partial charge in [-0.15, -0.1) is 6.58 Å². The molecule has 22 heavy (non-hydrogen) atoms. The molecule has 0 spiro atoms. The molecule has 0 aliphatic carbocycles. The first-order valence-electron chi connectivity index (χ1n) is 6.75. The van der Waals surface area contributed by atoms with Gasteiger partial charge in [-0.1, -0.05) is 35.9 Å². The summed E-state index contributed by atoms with van der Waals surface area (Å²) in [6.07, 6.45) is 2.89. The van der Waals surface area contributed by atoms with Gasteiger partial charge >= 0.3 is 5.69 Å². The molecule has 2 N–H and O–H groups in total. The molecule has 1 aromatic carbocycles. The van der Waals surface area contributed by atoms with Crippen molar-refractivity contribution in [2.45, 2.75) is 13.5 Å². The number of nitro groups is 1. The van der Waals surface area contributed by atoms with E-state index in [1.165, 1.54) is 6.33 Å². The van der Waals surface area contributed by atoms with Crippen LogP contribution in [0.1, 0.15) is 11.1 Å². The Labute approximate surface area is 128 Å². The van der Waals surface area contributed by atoms with Crippen LogP contribution >= 0.6 is 0 Å². The van der Waals surface area contributed by atoms with Gasteiger partial charge in [0.1, 0.15) is 6.33 Å². The maximum atomic E-state index is 11.3. The topological polar surface area (TPSA) is 93.0 Å². The zero-order valence-electron chi connectivity index (χ0n) is 12.2. The third-order valence-electron chi connectivity index (χ3n) is 3.00. The van der Waals surface area contributed by atoms with E-state index in [9.17, 15) is 10.1 Å². The summed E-state index contributed by atoms with van der Waals surface area (Å²) in [5, 5.41) is 17.1. The summed E-state index contributed by atoms with van der Waals surface area (Å²) >= 11 is 0. The molecule has 7 heteroatoms. The van der Waals surface area contributed by atoms with E-state index in [1.807, 2.05) is 31.2 Å². The predicted octanol–water partition coefficient (Wildman–Crippen LogP) is 2.90. The van der Waals surface area contributed by atoms with Crippen LogP contribution in [0.25, 0.3) is 0 Å². The fourth-order valence-corrected chi connectivity index (χ4v) is 1.87. The van der Waals surface area contributed by atoms with Gasteiger partial charge in [0, 0.05) is 13.1 Å². The van der Waals surface area contributed by atoms with Gasteiger partial charge in [-0.05, 0) is 12.5 Å². The van der Waals surface area contributed by atoms with E-state index < -0.39 is 4.92 Å². The molecule has 0 fully saturated rings. The fourth-order valence-electron chi connectivity index (χ4n) is 1.87. The molecule has 1 heterocycles. The average molecular weight is 299 g/mol. The van der Waals surface area contributed by atoms with Crippen LogP contribution < -0.4 is 10.6 Å². The second kappa shape index (κ2) is 7.16. The Bertz CT molecular complexity index is 670. The Morgan fingerprint density at radius 1 is 1.23 bits per heavy atom. The van der Waals surface area contributed by atoms with Crippen LogP contribution in [0, 0.1) is 17.0 Å². The summed E-state index contributed by atoms with van der Waals surface area (Å²) in [6, 6.07) is 7.91. The monoisotopic (exact) mass is 299 g/mol. The Balaban J connectivity index is 2.20. The third-order valence-corrected chi connectivity index (χ3v) is 3.00. The largest absolute Gasteiger partial charge is 0.361 e. The first-order chi connectivity index (χ1) is 10.6. The van der Waals surface area contributed by atoms with Crippen molar-refractivity contribution in [3.8, 4) is 0 Å². The number of aryl methyl sites for hydroxylation is 1. The van der Waals surface area contributed by atoms with E-state index in [1.54, 1.807) is 6.08 Å². The Kier molecular flexibility index (Phi) is 5.02. The van der Waals surface area contributed by atoms with Gasteiger partial charge in [-0.3, -0.25) is 10.1 Å². The molecular formula is C15H17N5O2. The molecule has 7 nitrogen and oxygen atoms in total. The second-order valence-corrected chi connectivity index (χ2v) is 4.69. The summed E-state index contributed by atoms with van der Waals surface area (Å²) in [4.78, 5) is 18.7. The zero-order valence-corrected chi connectivity index (χ0v) is 12.2. The maximum Gasteiger partial charge on any atom is 0.353 e. The molecule has 0 amide bonds. The van der Waals surface area contributed by atoms with Crippen molar-refractivity contribution >= 4 is 17.3 Å². The van der Waals surface area contributed by atoms with E-state index in [-0.39, 0.29) is 17.3 Å².